The van der Waals surface area contributed by atoms with Crippen LogP contribution in [0.3, 0.4) is 0 Å². The molecule has 154 valence electrons. The molecule has 1 aliphatic rings. The predicted octanol–water partition coefficient (Wildman–Crippen LogP) is 4.31. The lowest BCUT2D eigenvalue weighted by atomic mass is 10.0. The standard InChI is InChI=1S/C21H29ClN4O.HI/c1-2-23-21(24-12-9-20-4-3-15-27-20)25-19-10-13-26(14-11-19)16-17-5-7-18(22)8-6-17;/h3-8,15,19H,2,9-14,16H2,1H3,(H2,23,24,25);1H. The summed E-state index contributed by atoms with van der Waals surface area (Å²) in [5.41, 5.74) is 1.32. The van der Waals surface area contributed by atoms with Crippen molar-refractivity contribution in [3.05, 3.63) is 59.0 Å². The molecule has 28 heavy (non-hydrogen) atoms. The molecule has 1 aromatic heterocycles. The molecule has 5 nitrogen and oxygen atoms in total. The fourth-order valence-electron chi connectivity index (χ4n) is 3.33. The monoisotopic (exact) mass is 516 g/mol. The third-order valence-electron chi connectivity index (χ3n) is 4.80. The van der Waals surface area contributed by atoms with E-state index in [2.05, 4.69) is 39.6 Å². The Bertz CT molecular complexity index is 698. The van der Waals surface area contributed by atoms with Crippen LogP contribution in [0, 0.1) is 0 Å². The van der Waals surface area contributed by atoms with Crippen LogP contribution in [-0.2, 0) is 13.0 Å². The Morgan fingerprint density at radius 2 is 1.96 bits per heavy atom. The molecule has 1 aromatic carbocycles. The summed E-state index contributed by atoms with van der Waals surface area (Å²) >= 11 is 5.97. The minimum Gasteiger partial charge on any atom is -0.469 e. The topological polar surface area (TPSA) is 52.8 Å². The normalized spacial score (nSPS) is 15.9. The maximum atomic E-state index is 5.97. The van der Waals surface area contributed by atoms with E-state index in [1.54, 1.807) is 6.26 Å². The average molecular weight is 517 g/mol. The van der Waals surface area contributed by atoms with Crippen LogP contribution >= 0.6 is 35.6 Å². The van der Waals surface area contributed by atoms with Crippen LogP contribution in [0.1, 0.15) is 31.1 Å². The van der Waals surface area contributed by atoms with Gasteiger partial charge < -0.3 is 15.1 Å². The number of rotatable bonds is 7. The maximum Gasteiger partial charge on any atom is 0.191 e. The summed E-state index contributed by atoms with van der Waals surface area (Å²) in [4.78, 5) is 7.19. The van der Waals surface area contributed by atoms with Crippen LogP contribution in [0.25, 0.3) is 0 Å². The van der Waals surface area contributed by atoms with Gasteiger partial charge in [0.1, 0.15) is 5.76 Å². The Morgan fingerprint density at radius 1 is 1.21 bits per heavy atom. The van der Waals surface area contributed by atoms with E-state index in [0.29, 0.717) is 6.04 Å². The molecule has 0 atom stereocenters. The molecule has 3 rings (SSSR count). The van der Waals surface area contributed by atoms with Crippen molar-refractivity contribution in [1.82, 2.24) is 15.5 Å². The zero-order chi connectivity index (χ0) is 18.9. The van der Waals surface area contributed by atoms with Gasteiger partial charge in [-0.1, -0.05) is 23.7 Å². The van der Waals surface area contributed by atoms with Crippen molar-refractivity contribution in [2.75, 3.05) is 26.2 Å². The molecule has 0 unspecified atom stereocenters. The molecule has 2 heterocycles. The molecule has 0 aliphatic carbocycles. The molecule has 1 aliphatic heterocycles. The van der Waals surface area contributed by atoms with Gasteiger partial charge in [-0.15, -0.1) is 24.0 Å². The highest BCUT2D eigenvalue weighted by atomic mass is 127. The van der Waals surface area contributed by atoms with Gasteiger partial charge in [0.15, 0.2) is 5.96 Å². The lowest BCUT2D eigenvalue weighted by Gasteiger charge is -2.33. The zero-order valence-corrected chi connectivity index (χ0v) is 19.5. The Balaban J connectivity index is 0.00000280. The zero-order valence-electron chi connectivity index (χ0n) is 16.4. The van der Waals surface area contributed by atoms with Crippen LogP contribution in [0.15, 0.2) is 52.1 Å². The average Bonchev–Trinajstić information content (AvgIpc) is 3.19. The largest absolute Gasteiger partial charge is 0.469 e. The first-order chi connectivity index (χ1) is 13.2. The minimum atomic E-state index is 0. The molecule has 0 amide bonds. The number of hydrogen-bond donors (Lipinski definition) is 2. The highest BCUT2D eigenvalue weighted by Gasteiger charge is 2.20. The number of furan rings is 1. The highest BCUT2D eigenvalue weighted by Crippen LogP contribution is 2.16. The van der Waals surface area contributed by atoms with Crippen LogP contribution in [0.2, 0.25) is 5.02 Å². The Labute approximate surface area is 189 Å². The summed E-state index contributed by atoms with van der Waals surface area (Å²) < 4.78 is 5.37. The number of guanidine groups is 1. The van der Waals surface area contributed by atoms with Crippen LogP contribution in [0.4, 0.5) is 0 Å². The molecule has 0 radical (unpaired) electrons. The smallest absolute Gasteiger partial charge is 0.191 e. The first kappa shape index (κ1) is 23.0. The van der Waals surface area contributed by atoms with E-state index in [1.807, 2.05) is 24.3 Å². The number of nitrogens with zero attached hydrogens (tertiary/aromatic N) is 2. The van der Waals surface area contributed by atoms with E-state index in [-0.39, 0.29) is 24.0 Å². The van der Waals surface area contributed by atoms with Gasteiger partial charge in [-0.2, -0.15) is 0 Å². The van der Waals surface area contributed by atoms with Crippen molar-refractivity contribution in [3.63, 3.8) is 0 Å². The Kier molecular flexibility index (Phi) is 10.2. The van der Waals surface area contributed by atoms with Crippen LogP contribution in [0.5, 0.6) is 0 Å². The molecule has 1 fully saturated rings. The van der Waals surface area contributed by atoms with Gasteiger partial charge in [0.25, 0.3) is 0 Å². The molecular weight excluding hydrogens is 487 g/mol. The SMILES string of the molecule is CCNC(=NCCc1ccco1)NC1CCN(Cc2ccc(Cl)cc2)CC1.I. The second-order valence-electron chi connectivity index (χ2n) is 6.91. The second kappa shape index (κ2) is 12.3. The summed E-state index contributed by atoms with van der Waals surface area (Å²) in [6.45, 7) is 6.85. The minimum absolute atomic E-state index is 0. The number of nitrogens with one attached hydrogen (secondary N) is 2. The van der Waals surface area contributed by atoms with Gasteiger partial charge in [-0.25, -0.2) is 0 Å². The predicted molar refractivity (Wildman–Crippen MR) is 127 cm³/mol. The number of hydrogen-bond acceptors (Lipinski definition) is 3. The van der Waals surface area contributed by atoms with Gasteiger partial charge >= 0.3 is 0 Å². The number of benzene rings is 1. The Morgan fingerprint density at radius 3 is 2.61 bits per heavy atom. The molecule has 1 saturated heterocycles. The number of halogens is 2. The summed E-state index contributed by atoms with van der Waals surface area (Å²) in [5, 5.41) is 7.74. The molecule has 2 aromatic rings. The van der Waals surface area contributed by atoms with Gasteiger partial charge in [-0.3, -0.25) is 9.89 Å². The first-order valence-electron chi connectivity index (χ1n) is 9.77. The summed E-state index contributed by atoms with van der Waals surface area (Å²) in [6, 6.07) is 12.5. The van der Waals surface area contributed by atoms with Crippen LogP contribution in [-0.4, -0.2) is 43.1 Å². The summed E-state index contributed by atoms with van der Waals surface area (Å²) in [5.74, 6) is 1.88. The lowest BCUT2D eigenvalue weighted by molar-refractivity contribution is 0.198. The Hall–Kier alpha value is -1.25. The lowest BCUT2D eigenvalue weighted by Crippen LogP contribution is -2.48. The van der Waals surface area contributed by atoms with Crippen molar-refractivity contribution >= 4 is 41.5 Å². The van der Waals surface area contributed by atoms with E-state index in [0.717, 1.165) is 68.7 Å². The van der Waals surface area contributed by atoms with E-state index in [1.165, 1.54) is 5.56 Å². The van der Waals surface area contributed by atoms with Crippen molar-refractivity contribution in [2.45, 2.75) is 38.8 Å². The third kappa shape index (κ3) is 7.64. The quantitative estimate of drug-likeness (QED) is 0.327. The fraction of sp³-hybridized carbons (Fsp3) is 0.476. The number of likely N-dealkylation sites (tertiary alicyclic amines) is 1. The van der Waals surface area contributed by atoms with Crippen molar-refractivity contribution in [1.29, 1.82) is 0 Å². The highest BCUT2D eigenvalue weighted by molar-refractivity contribution is 14.0. The first-order valence-corrected chi connectivity index (χ1v) is 10.1. The van der Waals surface area contributed by atoms with E-state index < -0.39 is 0 Å². The van der Waals surface area contributed by atoms with Gasteiger partial charge in [0.05, 0.1) is 6.26 Å². The maximum absolute atomic E-state index is 5.97. The molecule has 0 saturated carbocycles. The van der Waals surface area contributed by atoms with Gasteiger partial charge in [-0.05, 0) is 49.6 Å². The fourth-order valence-corrected chi connectivity index (χ4v) is 3.46. The van der Waals surface area contributed by atoms with E-state index in [4.69, 9.17) is 16.0 Å². The van der Waals surface area contributed by atoms with Crippen molar-refractivity contribution in [3.8, 4) is 0 Å². The van der Waals surface area contributed by atoms with E-state index >= 15 is 0 Å². The van der Waals surface area contributed by atoms with Gasteiger partial charge in [0.2, 0.25) is 0 Å². The summed E-state index contributed by atoms with van der Waals surface area (Å²) in [6.07, 6.45) is 4.77. The molecular formula is C21H30ClIN4O. The second-order valence-corrected chi connectivity index (χ2v) is 7.35. The van der Waals surface area contributed by atoms with Gasteiger partial charge in [0, 0.05) is 50.2 Å². The number of piperidine rings is 1. The van der Waals surface area contributed by atoms with Crippen molar-refractivity contribution < 1.29 is 4.42 Å². The summed E-state index contributed by atoms with van der Waals surface area (Å²) in [7, 11) is 0. The number of aliphatic imine (C=N–C) groups is 1. The molecule has 0 bridgehead atoms. The molecule has 2 N–H and O–H groups in total. The molecule has 0 spiro atoms. The third-order valence-corrected chi connectivity index (χ3v) is 5.05. The van der Waals surface area contributed by atoms with Crippen molar-refractivity contribution in [2.24, 2.45) is 4.99 Å². The van der Waals surface area contributed by atoms with Crippen LogP contribution < -0.4 is 10.6 Å². The molecule has 7 heteroatoms. The van der Waals surface area contributed by atoms with E-state index in [9.17, 15) is 0 Å².